The van der Waals surface area contributed by atoms with Gasteiger partial charge in [0.15, 0.2) is 0 Å². The fourth-order valence-corrected chi connectivity index (χ4v) is 2.73. The molecule has 0 radical (unpaired) electrons. The van der Waals surface area contributed by atoms with Gasteiger partial charge >= 0.3 is 0 Å². The minimum Gasteiger partial charge on any atom is -0.340 e. The molecule has 98 valence electrons. The third-order valence-electron chi connectivity index (χ3n) is 4.18. The van der Waals surface area contributed by atoms with Gasteiger partial charge in [0.05, 0.1) is 0 Å². The summed E-state index contributed by atoms with van der Waals surface area (Å²) in [5.74, 6) is 1.42. The van der Waals surface area contributed by atoms with Crippen LogP contribution in [0.25, 0.3) is 0 Å². The van der Waals surface area contributed by atoms with Gasteiger partial charge in [0.2, 0.25) is 5.91 Å². The number of rotatable bonds is 4. The smallest absolute Gasteiger partial charge is 0.225 e. The molecule has 0 saturated heterocycles. The summed E-state index contributed by atoms with van der Waals surface area (Å²) in [6, 6.07) is 0.675. The standard InChI is InChI=1S/C14H26N2O/c1-10(2)16(9-11-3-4-11)14(17)12-5-7-13(15)8-6-12/h10-13H,3-9,15H2,1-2H3. The molecule has 0 spiro atoms. The normalized spacial score (nSPS) is 29.4. The van der Waals surface area contributed by atoms with E-state index in [9.17, 15) is 4.79 Å². The first-order valence-electron chi connectivity index (χ1n) is 7.14. The molecular weight excluding hydrogens is 212 g/mol. The molecule has 0 aromatic carbocycles. The van der Waals surface area contributed by atoms with Crippen LogP contribution in [0.3, 0.4) is 0 Å². The maximum atomic E-state index is 12.5. The molecule has 1 amide bonds. The molecule has 2 aliphatic rings. The zero-order valence-electron chi connectivity index (χ0n) is 11.2. The molecule has 0 unspecified atom stereocenters. The van der Waals surface area contributed by atoms with E-state index in [0.29, 0.717) is 18.0 Å². The topological polar surface area (TPSA) is 46.3 Å². The van der Waals surface area contributed by atoms with Gasteiger partial charge in [-0.05, 0) is 58.3 Å². The van der Waals surface area contributed by atoms with Gasteiger partial charge in [0.1, 0.15) is 0 Å². The summed E-state index contributed by atoms with van der Waals surface area (Å²) >= 11 is 0. The van der Waals surface area contributed by atoms with Crippen molar-refractivity contribution in [3.63, 3.8) is 0 Å². The Morgan fingerprint density at radius 1 is 1.18 bits per heavy atom. The highest BCUT2D eigenvalue weighted by atomic mass is 16.2. The van der Waals surface area contributed by atoms with Crippen LogP contribution in [-0.2, 0) is 4.79 Å². The fourth-order valence-electron chi connectivity index (χ4n) is 2.73. The molecule has 2 fully saturated rings. The lowest BCUT2D eigenvalue weighted by Crippen LogP contribution is -2.44. The van der Waals surface area contributed by atoms with Crippen LogP contribution >= 0.6 is 0 Å². The van der Waals surface area contributed by atoms with Crippen LogP contribution in [0.4, 0.5) is 0 Å². The van der Waals surface area contributed by atoms with E-state index in [-0.39, 0.29) is 5.92 Å². The largest absolute Gasteiger partial charge is 0.340 e. The molecule has 0 atom stereocenters. The predicted octanol–water partition coefficient (Wildman–Crippen LogP) is 2.15. The first kappa shape index (κ1) is 12.9. The van der Waals surface area contributed by atoms with Gasteiger partial charge in [-0.25, -0.2) is 0 Å². The summed E-state index contributed by atoms with van der Waals surface area (Å²) in [6.07, 6.45) is 6.65. The molecule has 2 aliphatic carbocycles. The summed E-state index contributed by atoms with van der Waals surface area (Å²) in [7, 11) is 0. The number of carbonyl (C=O) groups is 1. The van der Waals surface area contributed by atoms with Crippen molar-refractivity contribution in [2.45, 2.75) is 64.5 Å². The minimum atomic E-state index is 0.246. The number of hydrogen-bond acceptors (Lipinski definition) is 2. The van der Waals surface area contributed by atoms with E-state index in [1.165, 1.54) is 12.8 Å². The van der Waals surface area contributed by atoms with Crippen LogP contribution in [0.5, 0.6) is 0 Å². The molecule has 0 bridgehead atoms. The van der Waals surface area contributed by atoms with Gasteiger partial charge in [-0.1, -0.05) is 0 Å². The Bertz CT molecular complexity index is 265. The molecule has 0 aromatic rings. The highest BCUT2D eigenvalue weighted by Crippen LogP contribution is 2.32. The van der Waals surface area contributed by atoms with Gasteiger partial charge in [0.25, 0.3) is 0 Å². The average Bonchev–Trinajstić information content (AvgIpc) is 3.09. The Morgan fingerprint density at radius 2 is 1.76 bits per heavy atom. The second kappa shape index (κ2) is 5.38. The first-order valence-corrected chi connectivity index (χ1v) is 7.14. The van der Waals surface area contributed by atoms with E-state index in [2.05, 4.69) is 18.7 Å². The van der Waals surface area contributed by atoms with E-state index in [4.69, 9.17) is 5.73 Å². The molecule has 3 heteroatoms. The summed E-state index contributed by atoms with van der Waals surface area (Å²) in [5.41, 5.74) is 5.90. The highest BCUT2D eigenvalue weighted by Gasteiger charge is 2.33. The van der Waals surface area contributed by atoms with Crippen LogP contribution in [0, 0.1) is 11.8 Å². The summed E-state index contributed by atoms with van der Waals surface area (Å²) < 4.78 is 0. The fraction of sp³-hybridized carbons (Fsp3) is 0.929. The van der Waals surface area contributed by atoms with Crippen LogP contribution in [-0.4, -0.2) is 29.4 Å². The van der Waals surface area contributed by atoms with Crippen LogP contribution in [0.1, 0.15) is 52.4 Å². The van der Waals surface area contributed by atoms with Crippen LogP contribution < -0.4 is 5.73 Å². The number of hydrogen-bond donors (Lipinski definition) is 1. The van der Waals surface area contributed by atoms with Crippen molar-refractivity contribution >= 4 is 5.91 Å². The molecule has 0 aliphatic heterocycles. The summed E-state index contributed by atoms with van der Waals surface area (Å²) in [4.78, 5) is 14.6. The van der Waals surface area contributed by atoms with E-state index in [1.807, 2.05) is 0 Å². The van der Waals surface area contributed by atoms with E-state index in [0.717, 1.165) is 38.1 Å². The van der Waals surface area contributed by atoms with Crippen LogP contribution in [0.15, 0.2) is 0 Å². The zero-order valence-corrected chi connectivity index (χ0v) is 11.2. The highest BCUT2D eigenvalue weighted by molar-refractivity contribution is 5.79. The number of nitrogens with two attached hydrogens (primary N) is 1. The Kier molecular flexibility index (Phi) is 4.08. The third-order valence-corrected chi connectivity index (χ3v) is 4.18. The lowest BCUT2D eigenvalue weighted by Gasteiger charge is -2.33. The van der Waals surface area contributed by atoms with E-state index < -0.39 is 0 Å². The predicted molar refractivity (Wildman–Crippen MR) is 69.5 cm³/mol. The Hall–Kier alpha value is -0.570. The SMILES string of the molecule is CC(C)N(CC1CC1)C(=O)C1CCC(N)CC1. The van der Waals surface area contributed by atoms with Gasteiger partial charge in [-0.2, -0.15) is 0 Å². The van der Waals surface area contributed by atoms with E-state index >= 15 is 0 Å². The van der Waals surface area contributed by atoms with Crippen molar-refractivity contribution in [1.29, 1.82) is 0 Å². The number of carbonyl (C=O) groups excluding carboxylic acids is 1. The molecular formula is C14H26N2O. The molecule has 0 heterocycles. The maximum Gasteiger partial charge on any atom is 0.225 e. The number of nitrogens with zero attached hydrogens (tertiary/aromatic N) is 1. The Balaban J connectivity index is 1.90. The van der Waals surface area contributed by atoms with E-state index in [1.54, 1.807) is 0 Å². The lowest BCUT2D eigenvalue weighted by molar-refractivity contribution is -0.138. The van der Waals surface area contributed by atoms with Crippen molar-refractivity contribution in [2.75, 3.05) is 6.54 Å². The summed E-state index contributed by atoms with van der Waals surface area (Å²) in [6.45, 7) is 5.25. The zero-order chi connectivity index (χ0) is 12.4. The van der Waals surface area contributed by atoms with Crippen molar-refractivity contribution in [3.8, 4) is 0 Å². The van der Waals surface area contributed by atoms with Crippen molar-refractivity contribution in [1.82, 2.24) is 4.90 Å². The molecule has 2 saturated carbocycles. The molecule has 17 heavy (non-hydrogen) atoms. The van der Waals surface area contributed by atoms with Crippen LogP contribution in [0.2, 0.25) is 0 Å². The quantitative estimate of drug-likeness (QED) is 0.815. The van der Waals surface area contributed by atoms with Gasteiger partial charge in [0, 0.05) is 24.5 Å². The van der Waals surface area contributed by atoms with Gasteiger partial charge in [-0.15, -0.1) is 0 Å². The monoisotopic (exact) mass is 238 g/mol. The third kappa shape index (κ3) is 3.44. The molecule has 0 aromatic heterocycles. The van der Waals surface area contributed by atoms with Crippen molar-refractivity contribution < 1.29 is 4.79 Å². The second-order valence-electron chi connectivity index (χ2n) is 6.14. The molecule has 3 nitrogen and oxygen atoms in total. The second-order valence-corrected chi connectivity index (χ2v) is 6.14. The minimum absolute atomic E-state index is 0.246. The Labute approximate surface area is 105 Å². The lowest BCUT2D eigenvalue weighted by atomic mass is 9.85. The first-order chi connectivity index (χ1) is 8.08. The molecule has 2 N–H and O–H groups in total. The molecule has 2 rings (SSSR count). The maximum absolute atomic E-state index is 12.5. The van der Waals surface area contributed by atoms with Gasteiger partial charge in [-0.3, -0.25) is 4.79 Å². The summed E-state index contributed by atoms with van der Waals surface area (Å²) in [5, 5.41) is 0. The average molecular weight is 238 g/mol. The van der Waals surface area contributed by atoms with Gasteiger partial charge < -0.3 is 10.6 Å². The van der Waals surface area contributed by atoms with Crippen molar-refractivity contribution in [2.24, 2.45) is 17.6 Å². The number of amides is 1. The van der Waals surface area contributed by atoms with Crippen molar-refractivity contribution in [3.05, 3.63) is 0 Å². The Morgan fingerprint density at radius 3 is 2.24 bits per heavy atom.